The van der Waals surface area contributed by atoms with E-state index < -0.39 is 0 Å². The lowest BCUT2D eigenvalue weighted by Crippen LogP contribution is -2.19. The molecule has 2 aromatic carbocycles. The maximum Gasteiger partial charge on any atom is 0.325 e. The van der Waals surface area contributed by atoms with Crippen molar-refractivity contribution >= 4 is 28.2 Å². The van der Waals surface area contributed by atoms with E-state index in [2.05, 4.69) is 21.7 Å². The van der Waals surface area contributed by atoms with Crippen LogP contribution in [0, 0.1) is 11.3 Å². The van der Waals surface area contributed by atoms with Crippen molar-refractivity contribution in [3.8, 4) is 23.1 Å². The zero-order chi connectivity index (χ0) is 18.4. The predicted molar refractivity (Wildman–Crippen MR) is 103 cm³/mol. The van der Waals surface area contributed by atoms with Gasteiger partial charge in [0.2, 0.25) is 0 Å². The molecular formula is C19H16N4O2S. The van der Waals surface area contributed by atoms with Crippen LogP contribution in [0.3, 0.4) is 0 Å². The van der Waals surface area contributed by atoms with Crippen molar-refractivity contribution in [1.82, 2.24) is 4.98 Å². The number of hydrogen-bond donors (Lipinski definition) is 2. The molecule has 0 unspecified atom stereocenters. The Morgan fingerprint density at radius 3 is 2.54 bits per heavy atom. The molecule has 0 atom stereocenters. The molecule has 2 N–H and O–H groups in total. The van der Waals surface area contributed by atoms with Crippen LogP contribution in [0.1, 0.15) is 12.5 Å². The molecule has 1 heterocycles. The zero-order valence-electron chi connectivity index (χ0n) is 14.0. The quantitative estimate of drug-likeness (QED) is 0.685. The molecule has 3 aromatic rings. The van der Waals surface area contributed by atoms with Gasteiger partial charge in [-0.1, -0.05) is 12.1 Å². The van der Waals surface area contributed by atoms with E-state index in [-0.39, 0.29) is 6.03 Å². The fraction of sp³-hybridized carbons (Fsp3) is 0.105. The molecule has 0 spiro atoms. The zero-order valence-corrected chi connectivity index (χ0v) is 14.8. The third-order valence-electron chi connectivity index (χ3n) is 3.46. The molecule has 2 amide bonds. The van der Waals surface area contributed by atoms with Crippen molar-refractivity contribution in [2.24, 2.45) is 0 Å². The van der Waals surface area contributed by atoms with Crippen LogP contribution in [0.2, 0.25) is 0 Å². The first-order chi connectivity index (χ1) is 12.7. The highest BCUT2D eigenvalue weighted by molar-refractivity contribution is 7.14. The van der Waals surface area contributed by atoms with Crippen LogP contribution in [0.25, 0.3) is 11.3 Å². The summed E-state index contributed by atoms with van der Waals surface area (Å²) >= 11 is 1.33. The lowest BCUT2D eigenvalue weighted by atomic mass is 10.1. The van der Waals surface area contributed by atoms with Gasteiger partial charge in [-0.05, 0) is 43.3 Å². The number of benzene rings is 2. The molecule has 0 saturated carbocycles. The monoisotopic (exact) mass is 364 g/mol. The van der Waals surface area contributed by atoms with Gasteiger partial charge < -0.3 is 10.1 Å². The molecule has 0 fully saturated rings. The highest BCUT2D eigenvalue weighted by Crippen LogP contribution is 2.25. The van der Waals surface area contributed by atoms with Crippen LogP contribution in [-0.4, -0.2) is 17.6 Å². The second kappa shape index (κ2) is 8.14. The number of thiazole rings is 1. The highest BCUT2D eigenvalue weighted by atomic mass is 32.1. The van der Waals surface area contributed by atoms with Crippen molar-refractivity contribution in [1.29, 1.82) is 5.26 Å². The molecule has 6 nitrogen and oxygen atoms in total. The molecule has 0 radical (unpaired) electrons. The molecule has 0 aliphatic rings. The van der Waals surface area contributed by atoms with Gasteiger partial charge in [0.25, 0.3) is 0 Å². The van der Waals surface area contributed by atoms with E-state index in [0.717, 1.165) is 17.0 Å². The number of aromatic nitrogens is 1. The Morgan fingerprint density at radius 2 is 1.88 bits per heavy atom. The van der Waals surface area contributed by atoms with Crippen LogP contribution in [0.5, 0.6) is 5.75 Å². The molecule has 7 heteroatoms. The number of urea groups is 1. The molecule has 0 saturated heterocycles. The molecule has 1 aromatic heterocycles. The van der Waals surface area contributed by atoms with Gasteiger partial charge in [-0.15, -0.1) is 11.3 Å². The number of carbonyl (C=O) groups excluding carboxylic acids is 1. The normalized spacial score (nSPS) is 10.0. The first kappa shape index (κ1) is 17.5. The Labute approximate surface area is 155 Å². The summed E-state index contributed by atoms with van der Waals surface area (Å²) in [6, 6.07) is 16.0. The maximum atomic E-state index is 12.1. The number of nitrogens with one attached hydrogen (secondary N) is 2. The Bertz CT molecular complexity index is 927. The van der Waals surface area contributed by atoms with E-state index >= 15 is 0 Å². The van der Waals surface area contributed by atoms with Gasteiger partial charge in [0.15, 0.2) is 5.13 Å². The lowest BCUT2D eigenvalue weighted by molar-refractivity contribution is 0.262. The summed E-state index contributed by atoms with van der Waals surface area (Å²) in [6.45, 7) is 2.51. The summed E-state index contributed by atoms with van der Waals surface area (Å²) in [5.74, 6) is 0.755. The molecular weight excluding hydrogens is 348 g/mol. The summed E-state index contributed by atoms with van der Waals surface area (Å²) in [5, 5.41) is 16.7. The first-order valence-corrected chi connectivity index (χ1v) is 8.83. The Morgan fingerprint density at radius 1 is 1.15 bits per heavy atom. The molecule has 0 aliphatic carbocycles. The van der Waals surface area contributed by atoms with E-state index in [9.17, 15) is 4.79 Å². The Balaban J connectivity index is 1.61. The average Bonchev–Trinajstić information content (AvgIpc) is 3.12. The minimum absolute atomic E-state index is 0.366. The van der Waals surface area contributed by atoms with Crippen molar-refractivity contribution in [2.45, 2.75) is 6.92 Å². The lowest BCUT2D eigenvalue weighted by Gasteiger charge is -2.07. The Kier molecular flexibility index (Phi) is 5.46. The van der Waals surface area contributed by atoms with Gasteiger partial charge in [-0.2, -0.15) is 5.26 Å². The summed E-state index contributed by atoms with van der Waals surface area (Å²) in [4.78, 5) is 16.5. The molecule has 130 valence electrons. The highest BCUT2D eigenvalue weighted by Gasteiger charge is 2.08. The van der Waals surface area contributed by atoms with Crippen molar-refractivity contribution in [3.05, 3.63) is 59.5 Å². The number of hydrogen-bond acceptors (Lipinski definition) is 5. The second-order valence-electron chi connectivity index (χ2n) is 5.26. The molecule has 26 heavy (non-hydrogen) atoms. The molecule has 0 bridgehead atoms. The van der Waals surface area contributed by atoms with Gasteiger partial charge in [-0.25, -0.2) is 9.78 Å². The third-order valence-corrected chi connectivity index (χ3v) is 4.22. The van der Waals surface area contributed by atoms with Crippen LogP contribution >= 0.6 is 11.3 Å². The van der Waals surface area contributed by atoms with Gasteiger partial charge in [0.05, 0.1) is 23.9 Å². The minimum Gasteiger partial charge on any atom is -0.494 e. The summed E-state index contributed by atoms with van der Waals surface area (Å²) in [7, 11) is 0. The van der Waals surface area contributed by atoms with Crippen LogP contribution in [0.15, 0.2) is 53.9 Å². The fourth-order valence-corrected chi connectivity index (χ4v) is 2.95. The smallest absolute Gasteiger partial charge is 0.325 e. The topological polar surface area (TPSA) is 87.0 Å². The SMILES string of the molecule is CCOc1ccc(NC(=O)Nc2nc(-c3ccc(C#N)cc3)cs2)cc1. The van der Waals surface area contributed by atoms with Crippen molar-refractivity contribution < 1.29 is 9.53 Å². The number of rotatable bonds is 5. The number of amides is 2. The van der Waals surface area contributed by atoms with Crippen molar-refractivity contribution in [2.75, 3.05) is 17.2 Å². The van der Waals surface area contributed by atoms with Crippen LogP contribution < -0.4 is 15.4 Å². The average molecular weight is 364 g/mol. The minimum atomic E-state index is -0.366. The van der Waals surface area contributed by atoms with Gasteiger partial charge in [-0.3, -0.25) is 5.32 Å². The summed E-state index contributed by atoms with van der Waals surface area (Å²) in [6.07, 6.45) is 0. The number of nitrogens with zero attached hydrogens (tertiary/aromatic N) is 2. The summed E-state index contributed by atoms with van der Waals surface area (Å²) in [5.41, 5.74) is 2.89. The molecule has 3 rings (SSSR count). The van der Waals surface area contributed by atoms with Gasteiger partial charge >= 0.3 is 6.03 Å². The summed E-state index contributed by atoms with van der Waals surface area (Å²) < 4.78 is 5.37. The third kappa shape index (κ3) is 4.37. The number of anilines is 2. The second-order valence-corrected chi connectivity index (χ2v) is 6.12. The fourth-order valence-electron chi connectivity index (χ4n) is 2.24. The first-order valence-electron chi connectivity index (χ1n) is 7.95. The largest absolute Gasteiger partial charge is 0.494 e. The van der Waals surface area contributed by atoms with Crippen LogP contribution in [0.4, 0.5) is 15.6 Å². The van der Waals surface area contributed by atoms with Crippen LogP contribution in [-0.2, 0) is 0 Å². The van der Waals surface area contributed by atoms with E-state index in [1.807, 2.05) is 24.4 Å². The van der Waals surface area contributed by atoms with Crippen molar-refractivity contribution in [3.63, 3.8) is 0 Å². The van der Waals surface area contributed by atoms with E-state index in [0.29, 0.717) is 23.0 Å². The maximum absolute atomic E-state index is 12.1. The van der Waals surface area contributed by atoms with Gasteiger partial charge in [0, 0.05) is 16.6 Å². The number of carbonyl (C=O) groups is 1. The Hall–Kier alpha value is -3.37. The molecule has 0 aliphatic heterocycles. The number of ether oxygens (including phenoxy) is 1. The number of nitriles is 1. The van der Waals surface area contributed by atoms with E-state index in [4.69, 9.17) is 10.00 Å². The van der Waals surface area contributed by atoms with E-state index in [1.54, 1.807) is 36.4 Å². The van der Waals surface area contributed by atoms with Gasteiger partial charge in [0.1, 0.15) is 5.75 Å². The van der Waals surface area contributed by atoms with E-state index in [1.165, 1.54) is 11.3 Å². The standard InChI is InChI=1S/C19H16N4O2S/c1-2-25-16-9-7-15(8-10-16)21-18(24)23-19-22-17(12-26-19)14-5-3-13(11-20)4-6-14/h3-10,12H,2H2,1H3,(H2,21,22,23,24). The predicted octanol–water partition coefficient (Wildman–Crippen LogP) is 4.72.